The Bertz CT molecular complexity index is 658. The highest BCUT2D eigenvalue weighted by molar-refractivity contribution is 7.10. The summed E-state index contributed by atoms with van der Waals surface area (Å²) in [6, 6.07) is 5.22. The van der Waals surface area contributed by atoms with Crippen molar-refractivity contribution in [1.29, 1.82) is 0 Å². The molecule has 0 saturated carbocycles. The molecule has 5 nitrogen and oxygen atoms in total. The summed E-state index contributed by atoms with van der Waals surface area (Å²) < 4.78 is 10.4. The second kappa shape index (κ2) is 6.69. The van der Waals surface area contributed by atoms with Crippen LogP contribution in [0, 0.1) is 0 Å². The monoisotopic (exact) mass is 326 g/mol. The molecule has 1 aromatic heterocycles. The molecule has 0 aliphatic heterocycles. The van der Waals surface area contributed by atoms with E-state index in [1.165, 1.54) is 11.3 Å². The lowest BCUT2D eigenvalue weighted by molar-refractivity contribution is 0.100. The predicted molar refractivity (Wildman–Crippen MR) is 84.7 cm³/mol. The first-order valence-electron chi connectivity index (χ1n) is 6.07. The van der Waals surface area contributed by atoms with Crippen molar-refractivity contribution in [2.24, 2.45) is 5.73 Å². The summed E-state index contributed by atoms with van der Waals surface area (Å²) in [6.07, 6.45) is 0. The highest BCUT2D eigenvalue weighted by atomic mass is 35.5. The minimum absolute atomic E-state index is 0.428. The van der Waals surface area contributed by atoms with Crippen molar-refractivity contribution in [3.8, 4) is 11.5 Å². The maximum absolute atomic E-state index is 11.1. The number of amides is 1. The molecular formula is C14H15ClN2O3S. The fourth-order valence-corrected chi connectivity index (χ4v) is 2.84. The number of primary amides is 1. The number of nitrogens with two attached hydrogens (primary N) is 1. The quantitative estimate of drug-likeness (QED) is 0.855. The van der Waals surface area contributed by atoms with Gasteiger partial charge in [-0.05, 0) is 12.1 Å². The molecule has 2 aromatic rings. The van der Waals surface area contributed by atoms with E-state index in [2.05, 4.69) is 5.32 Å². The van der Waals surface area contributed by atoms with Crippen molar-refractivity contribution in [3.63, 3.8) is 0 Å². The average molecular weight is 327 g/mol. The number of carbonyl (C=O) groups excluding carboxylic acids is 1. The van der Waals surface area contributed by atoms with Crippen LogP contribution in [0.5, 0.6) is 11.5 Å². The molecule has 1 heterocycles. The van der Waals surface area contributed by atoms with Crippen LogP contribution >= 0.6 is 22.9 Å². The minimum Gasteiger partial charge on any atom is -0.495 e. The third kappa shape index (κ3) is 3.59. The Kier molecular flexibility index (Phi) is 4.93. The molecule has 3 N–H and O–H groups in total. The summed E-state index contributed by atoms with van der Waals surface area (Å²) in [5, 5.41) is 5.44. The lowest BCUT2D eigenvalue weighted by Gasteiger charge is -2.13. The summed E-state index contributed by atoms with van der Waals surface area (Å²) in [5.74, 6) is 0.747. The Labute approximate surface area is 131 Å². The molecule has 0 spiro atoms. The molecule has 7 heteroatoms. The summed E-state index contributed by atoms with van der Waals surface area (Å²) in [4.78, 5) is 12.0. The third-order valence-electron chi connectivity index (χ3n) is 2.87. The van der Waals surface area contributed by atoms with E-state index in [1.807, 2.05) is 0 Å². The Morgan fingerprint density at radius 3 is 2.57 bits per heavy atom. The number of ether oxygens (including phenoxy) is 2. The Morgan fingerprint density at radius 1 is 1.29 bits per heavy atom. The molecule has 1 amide bonds. The molecule has 0 bridgehead atoms. The van der Waals surface area contributed by atoms with Gasteiger partial charge in [0, 0.05) is 22.9 Å². The number of thiophene rings is 1. The van der Waals surface area contributed by atoms with E-state index < -0.39 is 5.91 Å². The van der Waals surface area contributed by atoms with Gasteiger partial charge in [0.2, 0.25) is 5.91 Å². The van der Waals surface area contributed by atoms with Gasteiger partial charge in [-0.2, -0.15) is 0 Å². The van der Waals surface area contributed by atoms with E-state index in [1.54, 1.807) is 37.8 Å². The molecule has 0 radical (unpaired) electrons. The van der Waals surface area contributed by atoms with Crippen LogP contribution in [0.1, 0.15) is 15.2 Å². The summed E-state index contributed by atoms with van der Waals surface area (Å²) in [7, 11) is 3.12. The molecule has 0 fully saturated rings. The van der Waals surface area contributed by atoms with Gasteiger partial charge >= 0.3 is 0 Å². The smallest absolute Gasteiger partial charge is 0.249 e. The van der Waals surface area contributed by atoms with Crippen LogP contribution in [0.4, 0.5) is 5.69 Å². The Morgan fingerprint density at radius 2 is 2.00 bits per heavy atom. The van der Waals surface area contributed by atoms with E-state index in [4.69, 9.17) is 26.8 Å². The molecule has 1 aromatic carbocycles. The first-order chi connectivity index (χ1) is 10.0. The molecule has 112 valence electrons. The minimum atomic E-state index is -0.428. The van der Waals surface area contributed by atoms with Gasteiger partial charge in [0.1, 0.15) is 11.5 Å². The van der Waals surface area contributed by atoms with Gasteiger partial charge in [-0.3, -0.25) is 4.79 Å². The maximum atomic E-state index is 11.1. The van der Waals surface area contributed by atoms with Gasteiger partial charge in [-0.25, -0.2) is 0 Å². The van der Waals surface area contributed by atoms with Crippen molar-refractivity contribution >= 4 is 34.5 Å². The van der Waals surface area contributed by atoms with Crippen LogP contribution < -0.4 is 20.5 Å². The lowest BCUT2D eigenvalue weighted by Crippen LogP contribution is -2.09. The normalized spacial score (nSPS) is 10.2. The van der Waals surface area contributed by atoms with Crippen LogP contribution in [0.25, 0.3) is 0 Å². The third-order valence-corrected chi connectivity index (χ3v) is 4.10. The van der Waals surface area contributed by atoms with Crippen LogP contribution in [0.2, 0.25) is 5.02 Å². The van der Waals surface area contributed by atoms with Gasteiger partial charge in [0.05, 0.1) is 30.5 Å². The number of methoxy groups -OCH3 is 2. The molecular weight excluding hydrogens is 312 g/mol. The highest BCUT2D eigenvalue weighted by Gasteiger charge is 2.10. The summed E-state index contributed by atoms with van der Waals surface area (Å²) in [5.41, 5.74) is 6.49. The van der Waals surface area contributed by atoms with Crippen molar-refractivity contribution in [1.82, 2.24) is 0 Å². The first kappa shape index (κ1) is 15.5. The van der Waals surface area contributed by atoms with Crippen LogP contribution in [0.15, 0.2) is 23.6 Å². The van der Waals surface area contributed by atoms with Gasteiger partial charge in [0.25, 0.3) is 0 Å². The SMILES string of the molecule is COc1cc(OC)c(NCc2cc(C(N)=O)cs2)cc1Cl. The van der Waals surface area contributed by atoms with E-state index >= 15 is 0 Å². The van der Waals surface area contributed by atoms with Crippen LogP contribution in [0.3, 0.4) is 0 Å². The average Bonchev–Trinajstić information content (AvgIpc) is 2.94. The first-order valence-corrected chi connectivity index (χ1v) is 7.33. The number of benzene rings is 1. The zero-order valence-corrected chi connectivity index (χ0v) is 13.2. The van der Waals surface area contributed by atoms with Gasteiger partial charge in [-0.15, -0.1) is 11.3 Å². The van der Waals surface area contributed by atoms with Crippen LogP contribution in [-0.2, 0) is 6.54 Å². The Balaban J connectivity index is 2.15. The van der Waals surface area contributed by atoms with Crippen molar-refractivity contribution in [2.75, 3.05) is 19.5 Å². The van der Waals surface area contributed by atoms with Gasteiger partial charge in [-0.1, -0.05) is 11.6 Å². The highest BCUT2D eigenvalue weighted by Crippen LogP contribution is 2.36. The molecule has 0 aliphatic carbocycles. The molecule has 0 atom stereocenters. The second-order valence-electron chi connectivity index (χ2n) is 4.21. The van der Waals surface area contributed by atoms with Crippen molar-refractivity contribution in [3.05, 3.63) is 39.0 Å². The zero-order valence-electron chi connectivity index (χ0n) is 11.6. The van der Waals surface area contributed by atoms with Crippen LogP contribution in [-0.4, -0.2) is 20.1 Å². The van der Waals surface area contributed by atoms with Crippen molar-refractivity contribution in [2.45, 2.75) is 6.54 Å². The number of hydrogen-bond acceptors (Lipinski definition) is 5. The fraction of sp³-hybridized carbons (Fsp3) is 0.214. The van der Waals surface area contributed by atoms with Crippen molar-refractivity contribution < 1.29 is 14.3 Å². The number of anilines is 1. The number of rotatable bonds is 6. The number of nitrogens with one attached hydrogen (secondary N) is 1. The zero-order chi connectivity index (χ0) is 15.4. The van der Waals surface area contributed by atoms with E-state index in [9.17, 15) is 4.79 Å². The Hall–Kier alpha value is -1.92. The van der Waals surface area contributed by atoms with E-state index in [0.29, 0.717) is 28.6 Å². The number of halogens is 1. The molecule has 21 heavy (non-hydrogen) atoms. The van der Waals surface area contributed by atoms with Gasteiger partial charge < -0.3 is 20.5 Å². The number of hydrogen-bond donors (Lipinski definition) is 2. The lowest BCUT2D eigenvalue weighted by atomic mass is 10.2. The molecule has 2 rings (SSSR count). The number of carbonyl (C=O) groups is 1. The second-order valence-corrected chi connectivity index (χ2v) is 5.61. The standard InChI is InChI=1S/C14H15ClN2O3S/c1-19-12-5-13(20-2)11(4-10(12)15)17-6-9-3-8(7-21-9)14(16)18/h3-5,7,17H,6H2,1-2H3,(H2,16,18). The molecule has 0 saturated heterocycles. The maximum Gasteiger partial charge on any atom is 0.249 e. The summed E-state index contributed by atoms with van der Waals surface area (Å²) >= 11 is 7.57. The van der Waals surface area contributed by atoms with Gasteiger partial charge in [0.15, 0.2) is 0 Å². The van der Waals surface area contributed by atoms with E-state index in [-0.39, 0.29) is 0 Å². The molecule has 0 aliphatic rings. The molecule has 0 unspecified atom stereocenters. The van der Waals surface area contributed by atoms with E-state index in [0.717, 1.165) is 10.6 Å². The predicted octanol–water partition coefficient (Wildman–Crippen LogP) is 3.13. The fourth-order valence-electron chi connectivity index (χ4n) is 1.78. The largest absolute Gasteiger partial charge is 0.495 e. The summed E-state index contributed by atoms with van der Waals surface area (Å²) in [6.45, 7) is 0.539. The topological polar surface area (TPSA) is 73.6 Å².